The predicted molar refractivity (Wildman–Crippen MR) is 147 cm³/mol. The lowest BCUT2D eigenvalue weighted by atomic mass is 10.0. The van der Waals surface area contributed by atoms with E-state index in [1.165, 1.54) is 31.5 Å². The molecule has 0 spiro atoms. The van der Waals surface area contributed by atoms with Crippen LogP contribution in [0.5, 0.6) is 5.75 Å². The predicted octanol–water partition coefficient (Wildman–Crippen LogP) is 4.95. The van der Waals surface area contributed by atoms with Crippen molar-refractivity contribution in [1.82, 2.24) is 14.7 Å². The summed E-state index contributed by atoms with van der Waals surface area (Å²) in [6, 6.07) is 22.7. The van der Waals surface area contributed by atoms with Crippen LogP contribution < -0.4 is 4.74 Å². The third-order valence-corrected chi connectivity index (χ3v) is 7.74. The molecule has 2 aliphatic rings. The van der Waals surface area contributed by atoms with E-state index in [0.717, 1.165) is 80.3 Å². The first-order chi connectivity index (χ1) is 17.7. The maximum Gasteiger partial charge on any atom is 0.254 e. The zero-order valence-electron chi connectivity index (χ0n) is 21.6. The zero-order chi connectivity index (χ0) is 24.7. The normalized spacial score (nSPS) is 19.5. The van der Waals surface area contributed by atoms with Crippen LogP contribution in [0.25, 0.3) is 10.8 Å². The summed E-state index contributed by atoms with van der Waals surface area (Å²) in [6.07, 6.45) is 3.69. The topological polar surface area (TPSA) is 36.0 Å². The lowest BCUT2D eigenvalue weighted by molar-refractivity contribution is 0.0640. The van der Waals surface area contributed by atoms with Crippen LogP contribution >= 0.6 is 0 Å². The molecule has 0 N–H and O–H groups in total. The molecular formula is C31H39N3O2. The summed E-state index contributed by atoms with van der Waals surface area (Å²) in [7, 11) is 0. The zero-order valence-corrected chi connectivity index (χ0v) is 21.6. The van der Waals surface area contributed by atoms with Crippen molar-refractivity contribution in [2.75, 3.05) is 59.0 Å². The smallest absolute Gasteiger partial charge is 0.254 e. The molecule has 0 aromatic heterocycles. The number of carbonyl (C=O) groups is 1. The largest absolute Gasteiger partial charge is 0.492 e. The molecule has 5 nitrogen and oxygen atoms in total. The first kappa shape index (κ1) is 24.8. The van der Waals surface area contributed by atoms with E-state index in [9.17, 15) is 4.79 Å². The van der Waals surface area contributed by atoms with Gasteiger partial charge in [-0.1, -0.05) is 55.5 Å². The lowest BCUT2D eigenvalue weighted by Crippen LogP contribution is -2.49. The van der Waals surface area contributed by atoms with Gasteiger partial charge >= 0.3 is 0 Å². The van der Waals surface area contributed by atoms with Gasteiger partial charge < -0.3 is 9.64 Å². The average molecular weight is 486 g/mol. The molecule has 0 saturated carbocycles. The summed E-state index contributed by atoms with van der Waals surface area (Å²) in [6.45, 7) is 11.0. The molecule has 36 heavy (non-hydrogen) atoms. The van der Waals surface area contributed by atoms with Crippen LogP contribution in [-0.2, 0) is 6.42 Å². The van der Waals surface area contributed by atoms with Crippen molar-refractivity contribution >= 4 is 16.7 Å². The second-order valence-electron chi connectivity index (χ2n) is 10.5. The van der Waals surface area contributed by atoms with Crippen LogP contribution in [0.4, 0.5) is 0 Å². The third-order valence-electron chi connectivity index (χ3n) is 7.74. The Bertz CT molecular complexity index is 1130. The molecule has 2 heterocycles. The maximum atomic E-state index is 13.2. The van der Waals surface area contributed by atoms with Crippen molar-refractivity contribution in [1.29, 1.82) is 0 Å². The molecule has 0 bridgehead atoms. The molecule has 0 radical (unpaired) electrons. The summed E-state index contributed by atoms with van der Waals surface area (Å²) >= 11 is 0. The number of piperidine rings is 1. The SMILES string of the molecule is CC1CCCN(CCOc2ccc(CCN3CCN(C(=O)c4cccc5ccccc45)CC3)cc2)C1. The quantitative estimate of drug-likeness (QED) is 0.452. The van der Waals surface area contributed by atoms with E-state index >= 15 is 0 Å². The molecule has 2 saturated heterocycles. The number of ether oxygens (including phenoxy) is 1. The van der Waals surface area contributed by atoms with Crippen molar-refractivity contribution in [2.24, 2.45) is 5.92 Å². The van der Waals surface area contributed by atoms with Crippen molar-refractivity contribution in [2.45, 2.75) is 26.2 Å². The molecule has 0 aliphatic carbocycles. The van der Waals surface area contributed by atoms with Crippen molar-refractivity contribution < 1.29 is 9.53 Å². The molecule has 5 rings (SSSR count). The van der Waals surface area contributed by atoms with Gasteiger partial charge in [-0.2, -0.15) is 0 Å². The Morgan fingerprint density at radius 2 is 1.64 bits per heavy atom. The highest BCUT2D eigenvalue weighted by atomic mass is 16.5. The highest BCUT2D eigenvalue weighted by Gasteiger charge is 2.23. The first-order valence-corrected chi connectivity index (χ1v) is 13.6. The molecule has 2 fully saturated rings. The highest BCUT2D eigenvalue weighted by molar-refractivity contribution is 6.07. The van der Waals surface area contributed by atoms with Crippen LogP contribution in [0.3, 0.4) is 0 Å². The molecule has 3 aromatic rings. The van der Waals surface area contributed by atoms with Gasteiger partial charge in [-0.15, -0.1) is 0 Å². The van der Waals surface area contributed by atoms with Crippen LogP contribution in [0.15, 0.2) is 66.7 Å². The number of piperazine rings is 1. The number of nitrogens with zero attached hydrogens (tertiary/aromatic N) is 3. The summed E-state index contributed by atoms with van der Waals surface area (Å²) in [5, 5.41) is 2.16. The first-order valence-electron chi connectivity index (χ1n) is 13.6. The Kier molecular flexibility index (Phi) is 8.19. The molecule has 1 atom stereocenters. The average Bonchev–Trinajstić information content (AvgIpc) is 2.92. The molecule has 190 valence electrons. The minimum absolute atomic E-state index is 0.150. The van der Waals surface area contributed by atoms with E-state index in [-0.39, 0.29) is 5.91 Å². The molecular weight excluding hydrogens is 446 g/mol. The Hall–Kier alpha value is -2.89. The molecule has 1 unspecified atom stereocenters. The molecule has 5 heteroatoms. The number of likely N-dealkylation sites (tertiary alicyclic amines) is 1. The number of amides is 1. The van der Waals surface area contributed by atoms with Gasteiger partial charge in [-0.3, -0.25) is 14.6 Å². The van der Waals surface area contributed by atoms with E-state index in [1.807, 2.05) is 35.2 Å². The van der Waals surface area contributed by atoms with Crippen LogP contribution in [0.2, 0.25) is 0 Å². The monoisotopic (exact) mass is 485 g/mol. The number of carbonyl (C=O) groups excluding carboxylic acids is 1. The van der Waals surface area contributed by atoms with Gasteiger partial charge in [0, 0.05) is 51.4 Å². The van der Waals surface area contributed by atoms with Crippen LogP contribution in [-0.4, -0.2) is 79.6 Å². The Balaban J connectivity index is 1.04. The number of rotatable bonds is 8. The Morgan fingerprint density at radius 3 is 2.44 bits per heavy atom. The van der Waals surface area contributed by atoms with E-state index in [1.54, 1.807) is 0 Å². The van der Waals surface area contributed by atoms with Gasteiger partial charge in [-0.05, 0) is 66.3 Å². The fourth-order valence-electron chi connectivity index (χ4n) is 5.58. The van der Waals surface area contributed by atoms with Gasteiger partial charge in [-0.25, -0.2) is 0 Å². The fraction of sp³-hybridized carbons (Fsp3) is 0.452. The van der Waals surface area contributed by atoms with E-state index in [2.05, 4.69) is 53.1 Å². The van der Waals surface area contributed by atoms with Crippen molar-refractivity contribution in [3.05, 3.63) is 77.9 Å². The molecule has 2 aliphatic heterocycles. The minimum atomic E-state index is 0.150. The highest BCUT2D eigenvalue weighted by Crippen LogP contribution is 2.21. The second-order valence-corrected chi connectivity index (χ2v) is 10.5. The number of benzene rings is 3. The third kappa shape index (κ3) is 6.26. The number of hydrogen-bond donors (Lipinski definition) is 0. The van der Waals surface area contributed by atoms with Gasteiger partial charge in [0.25, 0.3) is 5.91 Å². The molecule has 3 aromatic carbocycles. The van der Waals surface area contributed by atoms with E-state index in [4.69, 9.17) is 4.74 Å². The fourth-order valence-corrected chi connectivity index (χ4v) is 5.58. The van der Waals surface area contributed by atoms with Gasteiger partial charge in [0.1, 0.15) is 12.4 Å². The Morgan fingerprint density at radius 1 is 0.861 bits per heavy atom. The number of fused-ring (bicyclic) bond motifs is 1. The van der Waals surface area contributed by atoms with Crippen molar-refractivity contribution in [3.63, 3.8) is 0 Å². The number of hydrogen-bond acceptors (Lipinski definition) is 4. The van der Waals surface area contributed by atoms with Crippen LogP contribution in [0.1, 0.15) is 35.7 Å². The van der Waals surface area contributed by atoms with E-state index in [0.29, 0.717) is 0 Å². The van der Waals surface area contributed by atoms with Crippen LogP contribution in [0, 0.1) is 5.92 Å². The Labute approximate surface area is 215 Å². The summed E-state index contributed by atoms with van der Waals surface area (Å²) < 4.78 is 6.00. The standard InChI is InChI=1S/C31H39N3O2/c1-25-6-5-16-33(24-25)22-23-36-28-13-11-26(12-14-28)15-17-32-18-20-34(21-19-32)31(35)30-10-4-8-27-7-2-3-9-29(27)30/h2-4,7-14,25H,5-6,15-24H2,1H3. The van der Waals surface area contributed by atoms with Gasteiger partial charge in [0.15, 0.2) is 0 Å². The minimum Gasteiger partial charge on any atom is -0.492 e. The molecule has 1 amide bonds. The van der Waals surface area contributed by atoms with Crippen molar-refractivity contribution in [3.8, 4) is 5.75 Å². The summed E-state index contributed by atoms with van der Waals surface area (Å²) in [4.78, 5) is 20.2. The van der Waals surface area contributed by atoms with Gasteiger partial charge in [0.2, 0.25) is 0 Å². The summed E-state index contributed by atoms with van der Waals surface area (Å²) in [5.74, 6) is 1.92. The summed E-state index contributed by atoms with van der Waals surface area (Å²) in [5.41, 5.74) is 2.15. The second kappa shape index (κ2) is 11.9. The van der Waals surface area contributed by atoms with Gasteiger partial charge in [0.05, 0.1) is 0 Å². The maximum absolute atomic E-state index is 13.2. The lowest BCUT2D eigenvalue weighted by Gasteiger charge is -2.35. The van der Waals surface area contributed by atoms with E-state index < -0.39 is 0 Å².